The molecule has 3 aromatic carbocycles. The van der Waals surface area contributed by atoms with Crippen molar-refractivity contribution in [3.63, 3.8) is 0 Å². The Balaban J connectivity index is 0.000000336. The number of nitrogens with zero attached hydrogens (tertiary/aromatic N) is 2. The van der Waals surface area contributed by atoms with Gasteiger partial charge in [0, 0.05) is 17.5 Å². The maximum absolute atomic E-state index is 12.6. The summed E-state index contributed by atoms with van der Waals surface area (Å²) in [6.45, 7) is 5.92. The van der Waals surface area contributed by atoms with E-state index in [4.69, 9.17) is 0 Å². The zero-order chi connectivity index (χ0) is 24.1. The van der Waals surface area contributed by atoms with Gasteiger partial charge in [-0.25, -0.2) is 4.68 Å². The Morgan fingerprint density at radius 2 is 1.56 bits per heavy atom. The van der Waals surface area contributed by atoms with Crippen LogP contribution in [0.5, 0.6) is 0 Å². The fourth-order valence-electron chi connectivity index (χ4n) is 3.87. The molecule has 0 aliphatic carbocycles. The van der Waals surface area contributed by atoms with Gasteiger partial charge in [-0.2, -0.15) is 5.10 Å². The van der Waals surface area contributed by atoms with Gasteiger partial charge in [0.25, 0.3) is 5.91 Å². The molecule has 34 heavy (non-hydrogen) atoms. The van der Waals surface area contributed by atoms with Crippen molar-refractivity contribution in [1.29, 1.82) is 0 Å². The van der Waals surface area contributed by atoms with Gasteiger partial charge in [0.05, 0.1) is 11.4 Å². The van der Waals surface area contributed by atoms with Crippen LogP contribution in [0, 0.1) is 20.8 Å². The molecule has 1 aromatic heterocycles. The highest BCUT2D eigenvalue weighted by Gasteiger charge is 2.32. The number of carbonyl (C=O) groups is 2. The molecular formula is C28H28N4O2. The van der Waals surface area contributed by atoms with E-state index in [0.29, 0.717) is 17.8 Å². The molecule has 2 amide bonds. The van der Waals surface area contributed by atoms with Gasteiger partial charge < -0.3 is 10.6 Å². The Hall–Kier alpha value is -4.19. The number of anilines is 1. The van der Waals surface area contributed by atoms with E-state index >= 15 is 0 Å². The van der Waals surface area contributed by atoms with Crippen LogP contribution in [-0.2, 0) is 11.2 Å². The highest BCUT2D eigenvalue weighted by Crippen LogP contribution is 2.28. The van der Waals surface area contributed by atoms with Gasteiger partial charge >= 0.3 is 0 Å². The standard InChI is InChI=1S/C21H20N4O2.C7H8/c1-13-7-6-8-15(11-13)20(26)22-18-12-17-14(2)24-25(19(17)23-21(18)27)16-9-4-3-5-10-16;1-7-5-3-2-4-6-7/h3-11,18H,12H2,1-2H3,(H,22,26)(H,23,27);2-6H,1H3. The Morgan fingerprint density at radius 3 is 2.18 bits per heavy atom. The predicted octanol–water partition coefficient (Wildman–Crippen LogP) is 4.78. The number of nitrogens with one attached hydrogen (secondary N) is 2. The summed E-state index contributed by atoms with van der Waals surface area (Å²) in [7, 11) is 0. The van der Waals surface area contributed by atoms with Crippen molar-refractivity contribution < 1.29 is 9.59 Å². The maximum Gasteiger partial charge on any atom is 0.251 e. The van der Waals surface area contributed by atoms with E-state index in [1.165, 1.54) is 5.56 Å². The van der Waals surface area contributed by atoms with E-state index in [9.17, 15) is 9.59 Å². The molecule has 0 radical (unpaired) electrons. The summed E-state index contributed by atoms with van der Waals surface area (Å²) in [4.78, 5) is 25.1. The van der Waals surface area contributed by atoms with Gasteiger partial charge in [-0.15, -0.1) is 0 Å². The number of fused-ring (bicyclic) bond motifs is 1. The number of benzene rings is 3. The average Bonchev–Trinajstić information content (AvgIpc) is 3.16. The number of rotatable bonds is 3. The lowest BCUT2D eigenvalue weighted by Gasteiger charge is -2.24. The molecule has 2 heterocycles. The molecule has 0 fully saturated rings. The second-order valence-electron chi connectivity index (χ2n) is 8.40. The molecule has 1 atom stereocenters. The Kier molecular flexibility index (Phi) is 6.87. The monoisotopic (exact) mass is 452 g/mol. The van der Waals surface area contributed by atoms with Crippen LogP contribution in [-0.4, -0.2) is 27.6 Å². The maximum atomic E-state index is 12.6. The van der Waals surface area contributed by atoms with Crippen molar-refractivity contribution in [3.05, 3.63) is 113 Å². The lowest BCUT2D eigenvalue weighted by Crippen LogP contribution is -2.47. The number of aryl methyl sites for hydroxylation is 3. The highest BCUT2D eigenvalue weighted by molar-refractivity contribution is 6.02. The van der Waals surface area contributed by atoms with Crippen molar-refractivity contribution >= 4 is 17.6 Å². The van der Waals surface area contributed by atoms with Crippen LogP contribution in [0.2, 0.25) is 0 Å². The van der Waals surface area contributed by atoms with Gasteiger partial charge in [0.1, 0.15) is 11.9 Å². The smallest absolute Gasteiger partial charge is 0.251 e. The van der Waals surface area contributed by atoms with E-state index in [-0.39, 0.29) is 11.8 Å². The molecule has 4 aromatic rings. The first-order valence-electron chi connectivity index (χ1n) is 11.3. The molecule has 0 saturated carbocycles. The summed E-state index contributed by atoms with van der Waals surface area (Å²) >= 11 is 0. The fraction of sp³-hybridized carbons (Fsp3) is 0.179. The van der Waals surface area contributed by atoms with Crippen molar-refractivity contribution in [3.8, 4) is 5.69 Å². The lowest BCUT2D eigenvalue weighted by atomic mass is 10.0. The normalized spacial score (nSPS) is 14.3. The third-order valence-corrected chi connectivity index (χ3v) is 5.68. The molecule has 0 spiro atoms. The summed E-state index contributed by atoms with van der Waals surface area (Å²) in [5.74, 6) is 0.181. The molecule has 1 aliphatic rings. The first-order valence-corrected chi connectivity index (χ1v) is 11.3. The van der Waals surface area contributed by atoms with Crippen molar-refractivity contribution in [2.75, 3.05) is 5.32 Å². The molecule has 5 rings (SSSR count). The fourth-order valence-corrected chi connectivity index (χ4v) is 3.87. The minimum Gasteiger partial charge on any atom is -0.340 e. The second-order valence-corrected chi connectivity index (χ2v) is 8.40. The summed E-state index contributed by atoms with van der Waals surface area (Å²) in [5, 5.41) is 10.3. The number of hydrogen-bond acceptors (Lipinski definition) is 3. The molecule has 172 valence electrons. The third kappa shape index (κ3) is 5.23. The molecule has 1 unspecified atom stereocenters. The van der Waals surface area contributed by atoms with E-state index in [0.717, 1.165) is 22.5 Å². The molecule has 6 heteroatoms. The van der Waals surface area contributed by atoms with Gasteiger partial charge in [-0.3, -0.25) is 9.59 Å². The summed E-state index contributed by atoms with van der Waals surface area (Å²) in [6.07, 6.45) is 0.414. The van der Waals surface area contributed by atoms with Crippen LogP contribution < -0.4 is 10.6 Å². The third-order valence-electron chi connectivity index (χ3n) is 5.68. The molecule has 0 saturated heterocycles. The van der Waals surface area contributed by atoms with E-state index in [1.54, 1.807) is 16.8 Å². The summed E-state index contributed by atoms with van der Waals surface area (Å²) < 4.78 is 1.74. The summed E-state index contributed by atoms with van der Waals surface area (Å²) in [5.41, 5.74) is 5.52. The number of aromatic nitrogens is 2. The van der Waals surface area contributed by atoms with Gasteiger partial charge in [-0.1, -0.05) is 71.8 Å². The molecule has 6 nitrogen and oxygen atoms in total. The molecule has 0 bridgehead atoms. The number of amides is 2. The SMILES string of the molecule is Cc1cccc(C(=O)NC2Cc3c(C)nn(-c4ccccc4)c3NC2=O)c1.Cc1ccccc1. The predicted molar refractivity (Wildman–Crippen MR) is 134 cm³/mol. The van der Waals surface area contributed by atoms with Crippen LogP contribution in [0.4, 0.5) is 5.82 Å². The van der Waals surface area contributed by atoms with Crippen molar-refractivity contribution in [1.82, 2.24) is 15.1 Å². The van der Waals surface area contributed by atoms with Gasteiger partial charge in [0.15, 0.2) is 0 Å². The molecule has 1 aliphatic heterocycles. The van der Waals surface area contributed by atoms with Crippen LogP contribution in [0.3, 0.4) is 0 Å². The van der Waals surface area contributed by atoms with Gasteiger partial charge in [-0.05, 0) is 45.0 Å². The van der Waals surface area contributed by atoms with Crippen LogP contribution in [0.15, 0.2) is 84.9 Å². The zero-order valence-corrected chi connectivity index (χ0v) is 19.6. The van der Waals surface area contributed by atoms with Crippen LogP contribution in [0.25, 0.3) is 5.69 Å². The number of carbonyl (C=O) groups excluding carboxylic acids is 2. The number of hydrogen-bond donors (Lipinski definition) is 2. The van der Waals surface area contributed by atoms with Crippen molar-refractivity contribution in [2.45, 2.75) is 33.2 Å². The lowest BCUT2D eigenvalue weighted by molar-refractivity contribution is -0.118. The average molecular weight is 453 g/mol. The van der Waals surface area contributed by atoms with Crippen LogP contribution >= 0.6 is 0 Å². The minimum atomic E-state index is -0.627. The highest BCUT2D eigenvalue weighted by atomic mass is 16.2. The van der Waals surface area contributed by atoms with Crippen molar-refractivity contribution in [2.24, 2.45) is 0 Å². The number of para-hydroxylation sites is 1. The zero-order valence-electron chi connectivity index (χ0n) is 19.6. The first kappa shape index (κ1) is 23.0. The second kappa shape index (κ2) is 10.2. The Labute approximate surface area is 199 Å². The quantitative estimate of drug-likeness (QED) is 0.470. The van der Waals surface area contributed by atoms with E-state index in [1.807, 2.05) is 74.5 Å². The largest absolute Gasteiger partial charge is 0.340 e. The molecule has 2 N–H and O–H groups in total. The Morgan fingerprint density at radius 1 is 0.912 bits per heavy atom. The van der Waals surface area contributed by atoms with Gasteiger partial charge in [0.2, 0.25) is 5.91 Å². The first-order chi connectivity index (χ1) is 16.4. The Bertz CT molecular complexity index is 1300. The topological polar surface area (TPSA) is 76.0 Å². The minimum absolute atomic E-state index is 0.236. The van der Waals surface area contributed by atoms with Crippen LogP contribution in [0.1, 0.15) is 32.7 Å². The summed E-state index contributed by atoms with van der Waals surface area (Å²) in [6, 6.07) is 26.6. The van der Waals surface area contributed by atoms with E-state index < -0.39 is 6.04 Å². The molecular weight excluding hydrogens is 424 g/mol. The van der Waals surface area contributed by atoms with E-state index in [2.05, 4.69) is 34.8 Å².